The van der Waals surface area contributed by atoms with Crippen LogP contribution in [0, 0.1) is 5.41 Å². The lowest BCUT2D eigenvalue weighted by Gasteiger charge is -2.17. The van der Waals surface area contributed by atoms with Gasteiger partial charge in [0.05, 0.1) is 0 Å². The van der Waals surface area contributed by atoms with E-state index < -0.39 is 0 Å². The first kappa shape index (κ1) is 12.3. The van der Waals surface area contributed by atoms with Crippen molar-refractivity contribution in [3.05, 3.63) is 17.7 Å². The highest BCUT2D eigenvalue weighted by Crippen LogP contribution is 2.20. The van der Waals surface area contributed by atoms with Crippen molar-refractivity contribution in [1.82, 2.24) is 9.55 Å². The van der Waals surface area contributed by atoms with Crippen molar-refractivity contribution >= 4 is 0 Å². The first-order valence-electron chi connectivity index (χ1n) is 5.93. The molecular weight excluding hydrogens is 184 g/mol. The molecular formula is C13H24N2. The summed E-state index contributed by atoms with van der Waals surface area (Å²) in [6.45, 7) is 9.00. The number of nitrogens with zero attached hydrogens (tertiary/aromatic N) is 2. The smallest absolute Gasteiger partial charge is 0.109 e. The van der Waals surface area contributed by atoms with E-state index in [9.17, 15) is 0 Å². The Hall–Kier alpha value is -0.790. The molecule has 86 valence electrons. The quantitative estimate of drug-likeness (QED) is 0.742. The summed E-state index contributed by atoms with van der Waals surface area (Å²) in [6, 6.07) is 0. The molecule has 0 radical (unpaired) electrons. The minimum Gasteiger partial charge on any atom is -0.335 e. The molecule has 1 rings (SSSR count). The Balaban J connectivity index is 2.71. The number of rotatable bonds is 4. The third kappa shape index (κ3) is 3.69. The second kappa shape index (κ2) is 4.82. The zero-order valence-corrected chi connectivity index (χ0v) is 10.8. The molecule has 0 atom stereocenters. The Labute approximate surface area is 93.7 Å². The van der Waals surface area contributed by atoms with Gasteiger partial charge < -0.3 is 4.57 Å². The Morgan fingerprint density at radius 3 is 2.53 bits per heavy atom. The van der Waals surface area contributed by atoms with Crippen molar-refractivity contribution < 1.29 is 0 Å². The molecule has 0 bridgehead atoms. The summed E-state index contributed by atoms with van der Waals surface area (Å²) in [5.74, 6) is 1.22. The van der Waals surface area contributed by atoms with Gasteiger partial charge >= 0.3 is 0 Å². The van der Waals surface area contributed by atoms with Crippen LogP contribution in [-0.4, -0.2) is 9.55 Å². The fraction of sp³-hybridized carbons (Fsp3) is 0.769. The summed E-state index contributed by atoms with van der Waals surface area (Å²) in [4.78, 5) is 4.52. The molecule has 0 aromatic carbocycles. The normalized spacial score (nSPS) is 12.1. The molecule has 0 fully saturated rings. The maximum atomic E-state index is 4.52. The molecule has 0 saturated carbocycles. The number of hydrogen-bond donors (Lipinski definition) is 0. The Bertz CT molecular complexity index is 305. The third-order valence-electron chi connectivity index (χ3n) is 2.66. The van der Waals surface area contributed by atoms with Gasteiger partial charge in [-0.15, -0.1) is 0 Å². The summed E-state index contributed by atoms with van der Waals surface area (Å²) < 4.78 is 2.26. The van der Waals surface area contributed by atoms with Crippen LogP contribution < -0.4 is 0 Å². The van der Waals surface area contributed by atoms with Gasteiger partial charge in [-0.2, -0.15) is 0 Å². The van der Waals surface area contributed by atoms with Gasteiger partial charge in [-0.05, 0) is 18.3 Å². The summed E-state index contributed by atoms with van der Waals surface area (Å²) in [7, 11) is 2.14. The number of unbranched alkanes of at least 4 members (excludes halogenated alkanes) is 1. The van der Waals surface area contributed by atoms with E-state index in [1.54, 1.807) is 0 Å². The predicted octanol–water partition coefficient (Wildman–Crippen LogP) is 3.35. The lowest BCUT2D eigenvalue weighted by molar-refractivity contribution is 0.395. The van der Waals surface area contributed by atoms with Crippen molar-refractivity contribution in [1.29, 1.82) is 0 Å². The molecule has 0 aliphatic heterocycles. The molecule has 0 unspecified atom stereocenters. The van der Waals surface area contributed by atoms with E-state index >= 15 is 0 Å². The minimum absolute atomic E-state index is 0.321. The van der Waals surface area contributed by atoms with E-state index in [1.807, 2.05) is 6.20 Å². The summed E-state index contributed by atoms with van der Waals surface area (Å²) >= 11 is 0. The van der Waals surface area contributed by atoms with Crippen molar-refractivity contribution in [3.8, 4) is 0 Å². The molecule has 0 N–H and O–H groups in total. The van der Waals surface area contributed by atoms with Crippen LogP contribution in [0.5, 0.6) is 0 Å². The SMILES string of the molecule is CCCCc1cnc(CC(C)(C)C)n1C. The second-order valence-electron chi connectivity index (χ2n) is 5.57. The lowest BCUT2D eigenvalue weighted by Crippen LogP contribution is -2.13. The van der Waals surface area contributed by atoms with Crippen molar-refractivity contribution in [2.75, 3.05) is 0 Å². The van der Waals surface area contributed by atoms with Gasteiger partial charge in [0.15, 0.2) is 0 Å². The standard InChI is InChI=1S/C13H24N2/c1-6-7-8-11-10-14-12(15(11)5)9-13(2,3)4/h10H,6-9H2,1-5H3. The van der Waals surface area contributed by atoms with E-state index in [-0.39, 0.29) is 0 Å². The van der Waals surface area contributed by atoms with Crippen molar-refractivity contribution in [2.24, 2.45) is 12.5 Å². The van der Waals surface area contributed by atoms with Gasteiger partial charge in [-0.25, -0.2) is 4.98 Å². The van der Waals surface area contributed by atoms with E-state index in [1.165, 1.54) is 24.4 Å². The van der Waals surface area contributed by atoms with Crippen LogP contribution in [-0.2, 0) is 19.9 Å². The molecule has 0 aliphatic carbocycles. The summed E-state index contributed by atoms with van der Waals surface area (Å²) in [5, 5.41) is 0. The van der Waals surface area contributed by atoms with Gasteiger partial charge in [-0.1, -0.05) is 34.1 Å². The first-order valence-corrected chi connectivity index (χ1v) is 5.93. The second-order valence-corrected chi connectivity index (χ2v) is 5.57. The van der Waals surface area contributed by atoms with E-state index in [0.29, 0.717) is 5.41 Å². The number of aromatic nitrogens is 2. The van der Waals surface area contributed by atoms with Gasteiger partial charge in [-0.3, -0.25) is 0 Å². The molecule has 1 aromatic heterocycles. The molecule has 1 aromatic rings. The first-order chi connectivity index (χ1) is 6.94. The molecule has 0 saturated heterocycles. The highest BCUT2D eigenvalue weighted by molar-refractivity contribution is 5.06. The van der Waals surface area contributed by atoms with Gasteiger partial charge in [0.1, 0.15) is 5.82 Å². The average molecular weight is 208 g/mol. The van der Waals surface area contributed by atoms with Crippen LogP contribution in [0.25, 0.3) is 0 Å². The van der Waals surface area contributed by atoms with Crippen molar-refractivity contribution in [3.63, 3.8) is 0 Å². The summed E-state index contributed by atoms with van der Waals surface area (Å²) in [6.07, 6.45) is 6.75. The molecule has 15 heavy (non-hydrogen) atoms. The Morgan fingerprint density at radius 1 is 1.33 bits per heavy atom. The largest absolute Gasteiger partial charge is 0.335 e. The number of hydrogen-bond acceptors (Lipinski definition) is 1. The zero-order chi connectivity index (χ0) is 11.5. The van der Waals surface area contributed by atoms with Crippen LogP contribution in [0.3, 0.4) is 0 Å². The van der Waals surface area contributed by atoms with Crippen LogP contribution >= 0.6 is 0 Å². The fourth-order valence-electron chi connectivity index (χ4n) is 1.72. The fourth-order valence-corrected chi connectivity index (χ4v) is 1.72. The lowest BCUT2D eigenvalue weighted by atomic mass is 9.92. The highest BCUT2D eigenvalue weighted by atomic mass is 15.1. The van der Waals surface area contributed by atoms with E-state index in [4.69, 9.17) is 0 Å². The zero-order valence-electron chi connectivity index (χ0n) is 10.8. The van der Waals surface area contributed by atoms with Crippen LogP contribution in [0.4, 0.5) is 0 Å². The topological polar surface area (TPSA) is 17.8 Å². The molecule has 2 nitrogen and oxygen atoms in total. The van der Waals surface area contributed by atoms with Gasteiger partial charge in [0.2, 0.25) is 0 Å². The molecule has 0 amide bonds. The maximum absolute atomic E-state index is 4.52. The maximum Gasteiger partial charge on any atom is 0.109 e. The average Bonchev–Trinajstić information content (AvgIpc) is 2.43. The van der Waals surface area contributed by atoms with E-state index in [2.05, 4.69) is 44.3 Å². The summed E-state index contributed by atoms with van der Waals surface area (Å²) in [5.41, 5.74) is 1.69. The van der Waals surface area contributed by atoms with Gasteiger partial charge in [0, 0.05) is 25.4 Å². The highest BCUT2D eigenvalue weighted by Gasteiger charge is 2.15. The Morgan fingerprint density at radius 2 is 2.00 bits per heavy atom. The number of aryl methyl sites for hydroxylation is 1. The third-order valence-corrected chi connectivity index (χ3v) is 2.66. The van der Waals surface area contributed by atoms with Gasteiger partial charge in [0.25, 0.3) is 0 Å². The predicted molar refractivity (Wildman–Crippen MR) is 65.0 cm³/mol. The Kier molecular flexibility index (Phi) is 3.95. The molecule has 2 heteroatoms. The van der Waals surface area contributed by atoms with E-state index in [0.717, 1.165) is 12.8 Å². The minimum atomic E-state index is 0.321. The monoisotopic (exact) mass is 208 g/mol. The van der Waals surface area contributed by atoms with Crippen LogP contribution in [0.2, 0.25) is 0 Å². The molecule has 0 aliphatic rings. The number of imidazole rings is 1. The molecule has 0 spiro atoms. The van der Waals surface area contributed by atoms with Crippen molar-refractivity contribution in [2.45, 2.75) is 53.4 Å². The molecule has 1 heterocycles. The van der Waals surface area contributed by atoms with Crippen LogP contribution in [0.15, 0.2) is 6.20 Å². The van der Waals surface area contributed by atoms with Crippen LogP contribution in [0.1, 0.15) is 52.1 Å².